The number of nitrogens with zero attached hydrogens (tertiary/aromatic N) is 3. The number of rotatable bonds is 8. The molecule has 1 atom stereocenters. The van der Waals surface area contributed by atoms with E-state index in [9.17, 15) is 18.0 Å². The summed E-state index contributed by atoms with van der Waals surface area (Å²) in [5, 5.41) is 6.32. The zero-order valence-corrected chi connectivity index (χ0v) is 20.3. The fraction of sp³-hybridized carbons (Fsp3) is 0.407. The second kappa shape index (κ2) is 10.1. The van der Waals surface area contributed by atoms with Gasteiger partial charge in [0.2, 0.25) is 11.9 Å². The summed E-state index contributed by atoms with van der Waals surface area (Å²) in [5.74, 6) is -1.05. The highest BCUT2D eigenvalue weighted by molar-refractivity contribution is 5.85. The van der Waals surface area contributed by atoms with E-state index < -0.39 is 29.0 Å². The molecule has 1 aromatic carbocycles. The van der Waals surface area contributed by atoms with Crippen LogP contribution >= 0.6 is 0 Å². The van der Waals surface area contributed by atoms with Gasteiger partial charge in [0.25, 0.3) is 0 Å². The van der Waals surface area contributed by atoms with Crippen molar-refractivity contribution in [3.8, 4) is 0 Å². The van der Waals surface area contributed by atoms with Crippen molar-refractivity contribution in [3.05, 3.63) is 77.4 Å². The van der Waals surface area contributed by atoms with E-state index >= 15 is 0 Å². The Kier molecular flexibility index (Phi) is 6.85. The van der Waals surface area contributed by atoms with Crippen LogP contribution in [0.2, 0.25) is 0 Å². The molecule has 1 saturated carbocycles. The molecule has 37 heavy (non-hydrogen) atoms. The van der Waals surface area contributed by atoms with Gasteiger partial charge in [0.15, 0.2) is 0 Å². The number of piperidine rings is 1. The third kappa shape index (κ3) is 5.44. The summed E-state index contributed by atoms with van der Waals surface area (Å²) in [4.78, 5) is 25.3. The summed E-state index contributed by atoms with van der Waals surface area (Å²) >= 11 is 0. The van der Waals surface area contributed by atoms with Crippen LogP contribution in [0, 0.1) is 5.41 Å². The Balaban J connectivity index is 1.48. The van der Waals surface area contributed by atoms with E-state index in [2.05, 4.69) is 25.6 Å². The maximum Gasteiger partial charge on any atom is 0.419 e. The third-order valence-electron chi connectivity index (χ3n) is 7.48. The van der Waals surface area contributed by atoms with Crippen LogP contribution in [-0.4, -0.2) is 33.9 Å². The van der Waals surface area contributed by atoms with Crippen LogP contribution in [0.3, 0.4) is 0 Å². The van der Waals surface area contributed by atoms with Crippen molar-refractivity contribution in [1.29, 1.82) is 0 Å². The first-order valence-corrected chi connectivity index (χ1v) is 12.5. The summed E-state index contributed by atoms with van der Waals surface area (Å²) in [5.41, 5.74) is 5.85. The van der Waals surface area contributed by atoms with Crippen molar-refractivity contribution in [3.63, 3.8) is 0 Å². The number of halogens is 3. The number of alkyl halides is 3. The van der Waals surface area contributed by atoms with Crippen LogP contribution < -0.4 is 16.4 Å². The first-order valence-electron chi connectivity index (χ1n) is 12.5. The molecule has 10 heteroatoms. The van der Waals surface area contributed by atoms with Crippen molar-refractivity contribution < 1.29 is 18.0 Å². The molecule has 7 nitrogen and oxygen atoms in total. The van der Waals surface area contributed by atoms with Gasteiger partial charge in [-0.3, -0.25) is 9.78 Å². The summed E-state index contributed by atoms with van der Waals surface area (Å²) < 4.78 is 42.3. The predicted octanol–water partition coefficient (Wildman–Crippen LogP) is 4.69. The zero-order chi connectivity index (χ0) is 26.0. The monoisotopic (exact) mass is 510 g/mol. The molecule has 5 rings (SSSR count). The van der Waals surface area contributed by atoms with E-state index in [1.807, 2.05) is 42.5 Å². The second-order valence-electron chi connectivity index (χ2n) is 9.87. The average Bonchev–Trinajstić information content (AvgIpc) is 3.70. The highest BCUT2D eigenvalue weighted by atomic mass is 19.4. The number of aromatic nitrogens is 3. The molecule has 1 aliphatic heterocycles. The minimum atomic E-state index is -4.69. The molecular weight excluding hydrogens is 481 g/mol. The molecule has 1 amide bonds. The van der Waals surface area contributed by atoms with E-state index in [1.54, 1.807) is 6.20 Å². The van der Waals surface area contributed by atoms with Crippen molar-refractivity contribution >= 4 is 17.5 Å². The van der Waals surface area contributed by atoms with Gasteiger partial charge in [0, 0.05) is 23.7 Å². The smallest absolute Gasteiger partial charge is 0.369 e. The minimum absolute atomic E-state index is 0.0118. The molecule has 2 aromatic heterocycles. The summed E-state index contributed by atoms with van der Waals surface area (Å²) in [6.07, 6.45) is 0.815. The molecule has 4 N–H and O–H groups in total. The summed E-state index contributed by atoms with van der Waals surface area (Å²) in [6, 6.07) is 12.9. The molecular formula is C27H29F3N6O. The number of nitrogens with two attached hydrogens (primary N) is 1. The van der Waals surface area contributed by atoms with Crippen LogP contribution in [-0.2, 0) is 17.4 Å². The van der Waals surface area contributed by atoms with Crippen molar-refractivity contribution in [2.45, 2.75) is 50.1 Å². The SMILES string of the molecule is NC(=O)C1(C(Cc2ccccc2)c2nc(Nc3ccc(C4CCNCC4)nc3)ncc2C(F)(F)F)CC1. The number of hydrogen-bond donors (Lipinski definition) is 3. The highest BCUT2D eigenvalue weighted by Crippen LogP contribution is 2.58. The molecule has 194 valence electrons. The van der Waals surface area contributed by atoms with E-state index in [0.29, 0.717) is 24.4 Å². The maximum atomic E-state index is 14.1. The number of hydrogen-bond acceptors (Lipinski definition) is 6. The molecule has 1 saturated heterocycles. The molecule has 1 unspecified atom stereocenters. The van der Waals surface area contributed by atoms with Crippen LogP contribution in [0.15, 0.2) is 54.9 Å². The molecule has 0 spiro atoms. The number of benzene rings is 1. The molecule has 2 fully saturated rings. The van der Waals surface area contributed by atoms with Crippen molar-refractivity contribution in [2.75, 3.05) is 18.4 Å². The van der Waals surface area contributed by atoms with E-state index in [1.165, 1.54) is 0 Å². The lowest BCUT2D eigenvalue weighted by molar-refractivity contribution is -0.139. The lowest BCUT2D eigenvalue weighted by atomic mass is 9.79. The van der Waals surface area contributed by atoms with Gasteiger partial charge in [0.05, 0.1) is 28.6 Å². The van der Waals surface area contributed by atoms with Crippen LogP contribution in [0.1, 0.15) is 60.0 Å². The Morgan fingerprint density at radius 3 is 2.41 bits per heavy atom. The maximum absolute atomic E-state index is 14.1. The standard InChI is InChI=1S/C27H29F3N6O/c28-27(29,30)21-16-34-25(35-19-6-7-22(33-15-19)18-8-12-32-13-9-18)36-23(21)20(26(10-11-26)24(31)37)14-17-4-2-1-3-5-17/h1-7,15-16,18,20,32H,8-14H2,(H2,31,37)(H,34,35,36). The quantitative estimate of drug-likeness (QED) is 0.406. The van der Waals surface area contributed by atoms with Gasteiger partial charge in [-0.2, -0.15) is 13.2 Å². The zero-order valence-electron chi connectivity index (χ0n) is 20.3. The number of nitrogens with one attached hydrogen (secondary N) is 2. The summed E-state index contributed by atoms with van der Waals surface area (Å²) in [6.45, 7) is 1.90. The number of carbonyl (C=O) groups is 1. The van der Waals surface area contributed by atoms with Crippen LogP contribution in [0.5, 0.6) is 0 Å². The molecule has 0 radical (unpaired) electrons. The largest absolute Gasteiger partial charge is 0.419 e. The molecule has 1 aliphatic carbocycles. The average molecular weight is 511 g/mol. The van der Waals surface area contributed by atoms with Gasteiger partial charge >= 0.3 is 6.18 Å². The Morgan fingerprint density at radius 1 is 1.08 bits per heavy atom. The summed E-state index contributed by atoms with van der Waals surface area (Å²) in [7, 11) is 0. The Bertz CT molecular complexity index is 1240. The minimum Gasteiger partial charge on any atom is -0.369 e. The van der Waals surface area contributed by atoms with Crippen LogP contribution in [0.4, 0.5) is 24.8 Å². The Labute approximate surface area is 213 Å². The first kappa shape index (κ1) is 25.1. The normalized spacial score (nSPS) is 18.2. The van der Waals surface area contributed by atoms with Gasteiger partial charge in [-0.25, -0.2) is 9.97 Å². The number of carbonyl (C=O) groups excluding carboxylic acids is 1. The van der Waals surface area contributed by atoms with Crippen molar-refractivity contribution in [1.82, 2.24) is 20.3 Å². The van der Waals surface area contributed by atoms with Gasteiger partial charge in [-0.1, -0.05) is 30.3 Å². The fourth-order valence-electron chi connectivity index (χ4n) is 5.21. The Morgan fingerprint density at radius 2 is 1.81 bits per heavy atom. The lowest BCUT2D eigenvalue weighted by Gasteiger charge is -2.27. The molecule has 3 aromatic rings. The van der Waals surface area contributed by atoms with E-state index in [4.69, 9.17) is 5.73 Å². The van der Waals surface area contributed by atoms with E-state index in [0.717, 1.165) is 43.4 Å². The van der Waals surface area contributed by atoms with E-state index in [-0.39, 0.29) is 18.1 Å². The van der Waals surface area contributed by atoms with Crippen molar-refractivity contribution in [2.24, 2.45) is 11.1 Å². The predicted molar refractivity (Wildman–Crippen MR) is 133 cm³/mol. The van der Waals surface area contributed by atoms with Gasteiger partial charge in [-0.15, -0.1) is 0 Å². The Hall–Kier alpha value is -3.53. The van der Waals surface area contributed by atoms with Gasteiger partial charge in [-0.05, 0) is 62.9 Å². The van der Waals surface area contributed by atoms with Crippen LogP contribution in [0.25, 0.3) is 0 Å². The topological polar surface area (TPSA) is 106 Å². The molecule has 3 heterocycles. The van der Waals surface area contributed by atoms with Gasteiger partial charge < -0.3 is 16.4 Å². The third-order valence-corrected chi connectivity index (χ3v) is 7.48. The number of pyridine rings is 1. The second-order valence-corrected chi connectivity index (χ2v) is 9.87. The number of amides is 1. The number of anilines is 2. The first-order chi connectivity index (χ1) is 17.8. The highest BCUT2D eigenvalue weighted by Gasteiger charge is 2.57. The number of primary amides is 1. The molecule has 0 bridgehead atoms. The van der Waals surface area contributed by atoms with Gasteiger partial charge in [0.1, 0.15) is 0 Å². The molecule has 2 aliphatic rings. The lowest BCUT2D eigenvalue weighted by Crippen LogP contribution is -2.33. The fourth-order valence-corrected chi connectivity index (χ4v) is 5.21.